The topological polar surface area (TPSA) is 63.7 Å². The summed E-state index contributed by atoms with van der Waals surface area (Å²) in [7, 11) is -3.63. The lowest BCUT2D eigenvalue weighted by Gasteiger charge is -2.27. The summed E-state index contributed by atoms with van der Waals surface area (Å²) in [6.45, 7) is 0.598. The summed E-state index contributed by atoms with van der Waals surface area (Å²) in [5.41, 5.74) is 0.471. The molecule has 0 saturated carbocycles. The van der Waals surface area contributed by atoms with Crippen molar-refractivity contribution in [3.05, 3.63) is 48.5 Å². The molecule has 1 aliphatic rings. The number of rotatable bonds is 2. The first-order valence-electron chi connectivity index (χ1n) is 6.54. The second kappa shape index (κ2) is 5.62. The van der Waals surface area contributed by atoms with Crippen LogP contribution >= 0.6 is 11.6 Å². The molecule has 2 aromatic rings. The predicted molar refractivity (Wildman–Crippen MR) is 82.4 cm³/mol. The van der Waals surface area contributed by atoms with Crippen LogP contribution in [0.25, 0.3) is 0 Å². The van der Waals surface area contributed by atoms with Gasteiger partial charge in [-0.15, -0.1) is 0 Å². The van der Waals surface area contributed by atoms with Crippen molar-refractivity contribution in [2.24, 2.45) is 0 Å². The van der Waals surface area contributed by atoms with E-state index in [-0.39, 0.29) is 16.4 Å². The lowest BCUT2D eigenvalue weighted by atomic mass is 10.2. The Bertz CT molecular complexity index is 821. The molecule has 0 radical (unpaired) electrons. The van der Waals surface area contributed by atoms with E-state index in [1.807, 2.05) is 0 Å². The maximum absolute atomic E-state index is 12.6. The molecule has 0 N–H and O–H groups in total. The van der Waals surface area contributed by atoms with E-state index in [4.69, 9.17) is 16.3 Å². The summed E-state index contributed by atoms with van der Waals surface area (Å²) >= 11 is 5.52. The second-order valence-corrected chi connectivity index (χ2v) is 6.97. The highest BCUT2D eigenvalue weighted by atomic mass is 35.5. The number of amides is 1. The number of sulfone groups is 1. The average Bonchev–Trinajstić information content (AvgIpc) is 2.54. The smallest absolute Gasteiger partial charge is 0.321 e. The van der Waals surface area contributed by atoms with Gasteiger partial charge in [0.25, 0.3) is 0 Å². The normalized spacial score (nSPS) is 14.1. The van der Waals surface area contributed by atoms with E-state index in [2.05, 4.69) is 0 Å². The van der Waals surface area contributed by atoms with Crippen LogP contribution < -0.4 is 9.64 Å². The van der Waals surface area contributed by atoms with Crippen LogP contribution in [0.15, 0.2) is 58.3 Å². The third kappa shape index (κ3) is 2.55. The number of fused-ring (bicyclic) bond motifs is 1. The molecule has 7 heteroatoms. The van der Waals surface area contributed by atoms with Gasteiger partial charge >= 0.3 is 5.37 Å². The van der Waals surface area contributed by atoms with E-state index < -0.39 is 15.2 Å². The van der Waals surface area contributed by atoms with Gasteiger partial charge in [0.05, 0.1) is 22.0 Å². The van der Waals surface area contributed by atoms with E-state index in [1.165, 1.54) is 35.2 Å². The Morgan fingerprint density at radius 2 is 1.82 bits per heavy atom. The van der Waals surface area contributed by atoms with Crippen molar-refractivity contribution in [2.45, 2.75) is 9.79 Å². The third-order valence-electron chi connectivity index (χ3n) is 3.37. The Balaban J connectivity index is 2.06. The maximum atomic E-state index is 12.6. The minimum absolute atomic E-state index is 0.112. The van der Waals surface area contributed by atoms with Gasteiger partial charge in [-0.2, -0.15) is 0 Å². The molecule has 5 nitrogen and oxygen atoms in total. The number of halogens is 1. The zero-order chi connectivity index (χ0) is 15.7. The minimum Gasteiger partial charge on any atom is -0.489 e. The monoisotopic (exact) mass is 337 g/mol. The molecule has 0 fully saturated rings. The number of anilines is 1. The lowest BCUT2D eigenvalue weighted by molar-refractivity contribution is 0.257. The first kappa shape index (κ1) is 14.9. The van der Waals surface area contributed by atoms with Gasteiger partial charge in [-0.05, 0) is 35.9 Å². The summed E-state index contributed by atoms with van der Waals surface area (Å²) in [5, 5.41) is -0.622. The maximum Gasteiger partial charge on any atom is 0.321 e. The van der Waals surface area contributed by atoms with E-state index in [1.54, 1.807) is 18.2 Å². The van der Waals surface area contributed by atoms with E-state index in [0.717, 1.165) is 0 Å². The molecule has 22 heavy (non-hydrogen) atoms. The van der Waals surface area contributed by atoms with E-state index >= 15 is 0 Å². The Morgan fingerprint density at radius 1 is 1.09 bits per heavy atom. The summed E-state index contributed by atoms with van der Waals surface area (Å²) in [6, 6.07) is 12.5. The summed E-state index contributed by atoms with van der Waals surface area (Å²) < 4.78 is 30.6. The van der Waals surface area contributed by atoms with Crippen LogP contribution in [-0.4, -0.2) is 26.9 Å². The highest BCUT2D eigenvalue weighted by molar-refractivity contribution is 7.91. The summed E-state index contributed by atoms with van der Waals surface area (Å²) in [4.78, 5) is 13.0. The van der Waals surface area contributed by atoms with E-state index in [0.29, 0.717) is 18.0 Å². The molecule has 0 saturated heterocycles. The predicted octanol–water partition coefficient (Wildman–Crippen LogP) is 3.08. The number of benzene rings is 2. The van der Waals surface area contributed by atoms with Gasteiger partial charge < -0.3 is 4.74 Å². The van der Waals surface area contributed by atoms with Crippen LogP contribution in [0.2, 0.25) is 0 Å². The van der Waals surface area contributed by atoms with Crippen molar-refractivity contribution in [2.75, 3.05) is 18.1 Å². The standard InChI is InChI=1S/C15H12ClNO4S/c16-15(18)17-8-9-21-14-10-12(6-7-13(14)17)22(19,20)11-4-2-1-3-5-11/h1-7,10H,8-9H2. The molecule has 2 aromatic carbocycles. The Labute approximate surface area is 133 Å². The molecule has 0 atom stereocenters. The molecular formula is C15H12ClNO4S. The largest absolute Gasteiger partial charge is 0.489 e. The first-order chi connectivity index (χ1) is 10.5. The van der Waals surface area contributed by atoms with Crippen LogP contribution in [0.1, 0.15) is 0 Å². The van der Waals surface area contributed by atoms with Crippen molar-refractivity contribution in [1.29, 1.82) is 0 Å². The van der Waals surface area contributed by atoms with Gasteiger partial charge in [0.15, 0.2) is 0 Å². The molecule has 0 aliphatic carbocycles. The van der Waals surface area contributed by atoms with Crippen molar-refractivity contribution in [3.63, 3.8) is 0 Å². The van der Waals surface area contributed by atoms with E-state index in [9.17, 15) is 13.2 Å². The number of hydrogen-bond donors (Lipinski definition) is 0. The zero-order valence-corrected chi connectivity index (χ0v) is 13.0. The van der Waals surface area contributed by atoms with Crippen LogP contribution in [0, 0.1) is 0 Å². The quantitative estimate of drug-likeness (QED) is 0.624. The van der Waals surface area contributed by atoms with Gasteiger partial charge in [-0.3, -0.25) is 9.69 Å². The summed E-state index contributed by atoms with van der Waals surface area (Å²) in [6.07, 6.45) is 0. The van der Waals surface area contributed by atoms with Gasteiger partial charge in [-0.25, -0.2) is 8.42 Å². The average molecular weight is 338 g/mol. The number of ether oxygens (including phenoxy) is 1. The minimum atomic E-state index is -3.63. The molecule has 1 heterocycles. The fraction of sp³-hybridized carbons (Fsp3) is 0.133. The number of carbonyl (C=O) groups is 1. The molecule has 0 bridgehead atoms. The first-order valence-corrected chi connectivity index (χ1v) is 8.40. The fourth-order valence-electron chi connectivity index (χ4n) is 2.29. The van der Waals surface area contributed by atoms with Gasteiger partial charge in [0.1, 0.15) is 12.4 Å². The number of nitrogens with zero attached hydrogens (tertiary/aromatic N) is 1. The molecule has 114 valence electrons. The van der Waals surface area contributed by atoms with Gasteiger partial charge in [0, 0.05) is 6.07 Å². The third-order valence-corrected chi connectivity index (χ3v) is 5.34. The van der Waals surface area contributed by atoms with Crippen LogP contribution in [0.4, 0.5) is 10.5 Å². The SMILES string of the molecule is O=C(Cl)N1CCOc2cc(S(=O)(=O)c3ccccc3)ccc21. The fourth-order valence-corrected chi connectivity index (χ4v) is 3.76. The summed E-state index contributed by atoms with van der Waals surface area (Å²) in [5.74, 6) is 0.331. The van der Waals surface area contributed by atoms with Crippen LogP contribution in [0.3, 0.4) is 0 Å². The van der Waals surface area contributed by atoms with Crippen molar-refractivity contribution < 1.29 is 17.9 Å². The van der Waals surface area contributed by atoms with Crippen molar-refractivity contribution >= 4 is 32.5 Å². The highest BCUT2D eigenvalue weighted by Gasteiger charge is 2.25. The molecular weight excluding hydrogens is 326 g/mol. The molecule has 1 amide bonds. The Morgan fingerprint density at radius 3 is 2.50 bits per heavy atom. The zero-order valence-electron chi connectivity index (χ0n) is 11.4. The number of carbonyl (C=O) groups excluding carboxylic acids is 1. The van der Waals surface area contributed by atoms with Crippen LogP contribution in [-0.2, 0) is 9.84 Å². The van der Waals surface area contributed by atoms with Gasteiger partial charge in [0.2, 0.25) is 9.84 Å². The molecule has 3 rings (SSSR count). The van der Waals surface area contributed by atoms with Crippen molar-refractivity contribution in [3.8, 4) is 5.75 Å². The highest BCUT2D eigenvalue weighted by Crippen LogP contribution is 2.35. The Kier molecular flexibility index (Phi) is 3.80. The van der Waals surface area contributed by atoms with Crippen molar-refractivity contribution in [1.82, 2.24) is 0 Å². The molecule has 0 unspecified atom stereocenters. The van der Waals surface area contributed by atoms with Gasteiger partial charge in [-0.1, -0.05) is 18.2 Å². The number of hydrogen-bond acceptors (Lipinski definition) is 4. The second-order valence-electron chi connectivity index (χ2n) is 4.70. The molecule has 0 spiro atoms. The Hall–Kier alpha value is -2.05. The molecule has 1 aliphatic heterocycles. The van der Waals surface area contributed by atoms with Crippen LogP contribution in [0.5, 0.6) is 5.75 Å². The lowest BCUT2D eigenvalue weighted by Crippen LogP contribution is -2.34. The molecule has 0 aromatic heterocycles.